The van der Waals surface area contributed by atoms with E-state index in [0.717, 1.165) is 23.7 Å². The third-order valence-electron chi connectivity index (χ3n) is 4.24. The highest BCUT2D eigenvalue weighted by Gasteiger charge is 2.19. The lowest BCUT2D eigenvalue weighted by atomic mass is 10.1. The van der Waals surface area contributed by atoms with Crippen molar-refractivity contribution >= 4 is 45.7 Å². The molecule has 5 heteroatoms. The lowest BCUT2D eigenvalue weighted by Crippen LogP contribution is -2.20. The second-order valence-corrected chi connectivity index (χ2v) is 9.61. The van der Waals surface area contributed by atoms with Crippen molar-refractivity contribution in [1.82, 2.24) is 4.90 Å². The predicted octanol–water partition coefficient (Wildman–Crippen LogP) is 5.07. The third-order valence-corrected chi connectivity index (χ3v) is 7.37. The Kier molecular flexibility index (Phi) is 6.58. The van der Waals surface area contributed by atoms with E-state index in [2.05, 4.69) is 61.3 Å². The number of nitrogens with zero attached hydrogens (tertiary/aromatic N) is 1. The van der Waals surface area contributed by atoms with Gasteiger partial charge in [-0.1, -0.05) is 36.9 Å². The van der Waals surface area contributed by atoms with Crippen LogP contribution in [0.2, 0.25) is 0 Å². The molecule has 0 aromatic heterocycles. The normalized spacial score (nSPS) is 14.5. The summed E-state index contributed by atoms with van der Waals surface area (Å²) < 4.78 is 12.0. The molecule has 0 saturated carbocycles. The Hall–Kier alpha value is -0.850. The topological polar surface area (TPSA) is 26.3 Å². The molecule has 1 unspecified atom stereocenters. The van der Waals surface area contributed by atoms with Gasteiger partial charge in [0, 0.05) is 38.6 Å². The molecule has 1 heterocycles. The van der Waals surface area contributed by atoms with Gasteiger partial charge in [0.05, 0.1) is 0 Å². The van der Waals surface area contributed by atoms with Crippen molar-refractivity contribution in [1.29, 1.82) is 0 Å². The average Bonchev–Trinajstić information content (AvgIpc) is 2.77. The summed E-state index contributed by atoms with van der Waals surface area (Å²) in [6.45, 7) is 4.30. The fourth-order valence-electron chi connectivity index (χ4n) is 2.59. The summed E-state index contributed by atoms with van der Waals surface area (Å²) in [7, 11) is 2.15. The maximum atomic E-state index is 12.0. The maximum absolute atomic E-state index is 12.0. The molecule has 0 spiro atoms. The summed E-state index contributed by atoms with van der Waals surface area (Å²) in [5, 5.41) is 0. The SMILES string of the molecule is CCN(C)CCSC1=Cc2ccccc2Sc2ccc([S+](C)[O-])cc21. The van der Waals surface area contributed by atoms with Gasteiger partial charge in [0.25, 0.3) is 0 Å². The number of hydrogen-bond donors (Lipinski definition) is 0. The Morgan fingerprint density at radius 1 is 1.16 bits per heavy atom. The van der Waals surface area contributed by atoms with Crippen LogP contribution in [0.4, 0.5) is 0 Å². The van der Waals surface area contributed by atoms with Gasteiger partial charge in [-0.3, -0.25) is 0 Å². The highest BCUT2D eigenvalue weighted by Crippen LogP contribution is 2.44. The monoisotopic (exact) mass is 389 g/mol. The van der Waals surface area contributed by atoms with Gasteiger partial charge in [0.2, 0.25) is 0 Å². The van der Waals surface area contributed by atoms with Crippen molar-refractivity contribution < 1.29 is 4.55 Å². The molecule has 25 heavy (non-hydrogen) atoms. The minimum absolute atomic E-state index is 0.891. The van der Waals surface area contributed by atoms with E-state index in [4.69, 9.17) is 0 Å². The zero-order valence-electron chi connectivity index (χ0n) is 14.8. The van der Waals surface area contributed by atoms with Crippen LogP contribution < -0.4 is 0 Å². The van der Waals surface area contributed by atoms with Gasteiger partial charge < -0.3 is 9.45 Å². The molecular weight excluding hydrogens is 366 g/mol. The molecule has 0 fully saturated rings. The van der Waals surface area contributed by atoms with Crippen molar-refractivity contribution in [2.75, 3.05) is 32.1 Å². The van der Waals surface area contributed by atoms with Crippen LogP contribution in [0.3, 0.4) is 0 Å². The Balaban J connectivity index is 1.97. The van der Waals surface area contributed by atoms with Gasteiger partial charge in [0.1, 0.15) is 6.26 Å². The molecule has 0 amide bonds. The van der Waals surface area contributed by atoms with Gasteiger partial charge in [0.15, 0.2) is 4.90 Å². The quantitative estimate of drug-likeness (QED) is 0.644. The summed E-state index contributed by atoms with van der Waals surface area (Å²) in [4.78, 5) is 7.00. The van der Waals surface area contributed by atoms with Crippen molar-refractivity contribution in [3.63, 3.8) is 0 Å². The first-order valence-corrected chi connectivity index (χ1v) is 11.7. The first kappa shape index (κ1) is 18.9. The van der Waals surface area contributed by atoms with E-state index >= 15 is 0 Å². The van der Waals surface area contributed by atoms with E-state index in [1.165, 1.54) is 25.8 Å². The summed E-state index contributed by atoms with van der Waals surface area (Å²) in [5.74, 6) is 1.04. The molecule has 2 aromatic carbocycles. The lowest BCUT2D eigenvalue weighted by molar-refractivity contribution is 0.377. The fraction of sp³-hybridized carbons (Fsp3) is 0.300. The molecule has 3 rings (SSSR count). The van der Waals surface area contributed by atoms with Crippen molar-refractivity contribution in [3.05, 3.63) is 53.6 Å². The Morgan fingerprint density at radius 2 is 1.96 bits per heavy atom. The van der Waals surface area contributed by atoms with Gasteiger partial charge in [-0.15, -0.1) is 11.8 Å². The van der Waals surface area contributed by atoms with Crippen molar-refractivity contribution in [3.8, 4) is 0 Å². The molecule has 1 aliphatic heterocycles. The minimum atomic E-state index is -0.966. The first-order chi connectivity index (χ1) is 12.1. The summed E-state index contributed by atoms with van der Waals surface area (Å²) in [5.41, 5.74) is 2.47. The summed E-state index contributed by atoms with van der Waals surface area (Å²) in [6, 6.07) is 14.7. The number of fused-ring (bicyclic) bond motifs is 2. The Morgan fingerprint density at radius 3 is 2.72 bits per heavy atom. The second kappa shape index (κ2) is 8.69. The van der Waals surface area contributed by atoms with Crippen LogP contribution in [0.1, 0.15) is 18.1 Å². The van der Waals surface area contributed by atoms with E-state index in [0.29, 0.717) is 0 Å². The lowest BCUT2D eigenvalue weighted by Gasteiger charge is -2.15. The van der Waals surface area contributed by atoms with Crippen LogP contribution in [-0.2, 0) is 11.2 Å². The Bertz CT molecular complexity index is 773. The van der Waals surface area contributed by atoms with Gasteiger partial charge in [-0.25, -0.2) is 0 Å². The maximum Gasteiger partial charge on any atom is 0.153 e. The first-order valence-electron chi connectivity index (χ1n) is 8.36. The molecule has 0 N–H and O–H groups in total. The average molecular weight is 390 g/mol. The number of rotatable bonds is 6. The molecule has 1 atom stereocenters. The zero-order valence-corrected chi connectivity index (χ0v) is 17.3. The van der Waals surface area contributed by atoms with Crippen LogP contribution in [-0.4, -0.2) is 41.6 Å². The van der Waals surface area contributed by atoms with Crippen molar-refractivity contribution in [2.45, 2.75) is 21.6 Å². The van der Waals surface area contributed by atoms with Crippen LogP contribution in [0.5, 0.6) is 0 Å². The molecule has 0 saturated heterocycles. The largest absolute Gasteiger partial charge is 0.612 e. The molecule has 2 nitrogen and oxygen atoms in total. The third kappa shape index (κ3) is 4.66. The summed E-state index contributed by atoms with van der Waals surface area (Å²) >= 11 is 2.72. The predicted molar refractivity (Wildman–Crippen MR) is 113 cm³/mol. The van der Waals surface area contributed by atoms with E-state index in [-0.39, 0.29) is 0 Å². The van der Waals surface area contributed by atoms with Crippen LogP contribution in [0.25, 0.3) is 11.0 Å². The molecule has 0 bridgehead atoms. The molecule has 132 valence electrons. The smallest absolute Gasteiger partial charge is 0.153 e. The highest BCUT2D eigenvalue weighted by molar-refractivity contribution is 8.08. The zero-order chi connectivity index (χ0) is 17.8. The number of hydrogen-bond acceptors (Lipinski definition) is 4. The molecular formula is C20H23NOS3. The Labute approximate surface area is 162 Å². The van der Waals surface area contributed by atoms with E-state index in [9.17, 15) is 4.55 Å². The number of thioether (sulfide) groups is 1. The number of benzene rings is 2. The van der Waals surface area contributed by atoms with Crippen LogP contribution in [0.15, 0.2) is 57.2 Å². The standard InChI is InChI=1S/C20H23NOS3/c1-4-21(2)11-12-23-20-13-15-7-5-6-8-18(15)24-19-10-9-16(25(3)22)14-17(19)20/h5-10,13-14H,4,11-12H2,1-3H3. The molecule has 0 radical (unpaired) electrons. The second-order valence-electron chi connectivity index (χ2n) is 6.00. The van der Waals surface area contributed by atoms with Gasteiger partial charge in [-0.05, 0) is 54.6 Å². The molecule has 0 aliphatic carbocycles. The van der Waals surface area contributed by atoms with E-state index in [1.807, 2.05) is 17.8 Å². The van der Waals surface area contributed by atoms with E-state index < -0.39 is 11.2 Å². The minimum Gasteiger partial charge on any atom is -0.612 e. The highest BCUT2D eigenvalue weighted by atomic mass is 32.2. The van der Waals surface area contributed by atoms with Gasteiger partial charge in [-0.2, -0.15) is 0 Å². The van der Waals surface area contributed by atoms with Crippen LogP contribution >= 0.6 is 23.5 Å². The van der Waals surface area contributed by atoms with Crippen molar-refractivity contribution in [2.24, 2.45) is 0 Å². The fourth-order valence-corrected chi connectivity index (χ4v) is 5.40. The van der Waals surface area contributed by atoms with Crippen LogP contribution in [0, 0.1) is 0 Å². The summed E-state index contributed by atoms with van der Waals surface area (Å²) in [6.07, 6.45) is 4.03. The molecule has 2 aromatic rings. The molecule has 1 aliphatic rings. The van der Waals surface area contributed by atoms with Gasteiger partial charge >= 0.3 is 0 Å². The van der Waals surface area contributed by atoms with E-state index in [1.54, 1.807) is 18.0 Å².